The SMILES string of the molecule is Cn1cnc(CNC(=O)CCCCO)n1. The Morgan fingerprint density at radius 1 is 1.60 bits per heavy atom. The van der Waals surface area contributed by atoms with Gasteiger partial charge in [0.2, 0.25) is 5.91 Å². The van der Waals surface area contributed by atoms with E-state index in [2.05, 4.69) is 15.4 Å². The Morgan fingerprint density at radius 2 is 2.40 bits per heavy atom. The van der Waals surface area contributed by atoms with Gasteiger partial charge in [-0.25, -0.2) is 4.98 Å². The Labute approximate surface area is 88.3 Å². The zero-order valence-electron chi connectivity index (χ0n) is 8.81. The van der Waals surface area contributed by atoms with E-state index in [9.17, 15) is 4.79 Å². The van der Waals surface area contributed by atoms with Gasteiger partial charge >= 0.3 is 0 Å². The highest BCUT2D eigenvalue weighted by atomic mass is 16.2. The van der Waals surface area contributed by atoms with E-state index in [1.807, 2.05) is 0 Å². The van der Waals surface area contributed by atoms with Crippen LogP contribution in [0.5, 0.6) is 0 Å². The van der Waals surface area contributed by atoms with Crippen LogP contribution in [-0.4, -0.2) is 32.4 Å². The van der Waals surface area contributed by atoms with Gasteiger partial charge in [0.1, 0.15) is 6.33 Å². The van der Waals surface area contributed by atoms with Crippen molar-refractivity contribution in [3.63, 3.8) is 0 Å². The molecule has 15 heavy (non-hydrogen) atoms. The van der Waals surface area contributed by atoms with Crippen molar-refractivity contribution in [2.75, 3.05) is 6.61 Å². The van der Waals surface area contributed by atoms with Gasteiger partial charge in [-0.15, -0.1) is 0 Å². The summed E-state index contributed by atoms with van der Waals surface area (Å²) in [5.41, 5.74) is 0. The molecule has 0 fully saturated rings. The quantitative estimate of drug-likeness (QED) is 0.628. The zero-order chi connectivity index (χ0) is 11.1. The second-order valence-electron chi connectivity index (χ2n) is 3.29. The van der Waals surface area contributed by atoms with Crippen molar-refractivity contribution in [2.45, 2.75) is 25.8 Å². The minimum absolute atomic E-state index is 0.0316. The Hall–Kier alpha value is -1.43. The minimum atomic E-state index is -0.0316. The summed E-state index contributed by atoms with van der Waals surface area (Å²) in [7, 11) is 1.78. The minimum Gasteiger partial charge on any atom is -0.396 e. The third-order valence-corrected chi connectivity index (χ3v) is 1.90. The molecule has 0 bridgehead atoms. The second-order valence-corrected chi connectivity index (χ2v) is 3.29. The van der Waals surface area contributed by atoms with E-state index >= 15 is 0 Å². The number of hydrogen-bond donors (Lipinski definition) is 2. The summed E-state index contributed by atoms with van der Waals surface area (Å²) in [5.74, 6) is 0.573. The topological polar surface area (TPSA) is 80.0 Å². The predicted octanol–water partition coefficient (Wildman–Crippen LogP) is -0.406. The van der Waals surface area contributed by atoms with Gasteiger partial charge in [0, 0.05) is 20.1 Å². The molecule has 0 saturated carbocycles. The van der Waals surface area contributed by atoms with Gasteiger partial charge in [-0.3, -0.25) is 9.48 Å². The molecule has 6 heteroatoms. The number of aromatic nitrogens is 3. The zero-order valence-corrected chi connectivity index (χ0v) is 8.81. The van der Waals surface area contributed by atoms with Crippen LogP contribution in [0.4, 0.5) is 0 Å². The summed E-state index contributed by atoms with van der Waals surface area (Å²) in [5, 5.41) is 15.3. The molecule has 0 aliphatic carbocycles. The maximum atomic E-state index is 11.2. The molecule has 0 spiro atoms. The van der Waals surface area contributed by atoms with E-state index in [0.717, 1.165) is 0 Å². The molecule has 2 N–H and O–H groups in total. The van der Waals surface area contributed by atoms with E-state index in [1.165, 1.54) is 0 Å². The summed E-state index contributed by atoms with van der Waals surface area (Å²) in [6, 6.07) is 0. The fourth-order valence-electron chi connectivity index (χ4n) is 1.13. The number of carbonyl (C=O) groups excluding carboxylic acids is 1. The molecule has 1 amide bonds. The van der Waals surface area contributed by atoms with Crippen molar-refractivity contribution in [1.29, 1.82) is 0 Å². The summed E-state index contributed by atoms with van der Waals surface area (Å²) in [6.45, 7) is 0.494. The fraction of sp³-hybridized carbons (Fsp3) is 0.667. The molecule has 84 valence electrons. The lowest BCUT2D eigenvalue weighted by Gasteiger charge is -2.01. The van der Waals surface area contributed by atoms with Crippen molar-refractivity contribution in [3.05, 3.63) is 12.2 Å². The summed E-state index contributed by atoms with van der Waals surface area (Å²) in [4.78, 5) is 15.2. The number of nitrogens with one attached hydrogen (secondary N) is 1. The molecule has 0 aromatic carbocycles. The van der Waals surface area contributed by atoms with Crippen LogP contribution in [0.2, 0.25) is 0 Å². The Kier molecular flexibility index (Phi) is 4.76. The van der Waals surface area contributed by atoms with Gasteiger partial charge in [0.25, 0.3) is 0 Å². The molecule has 0 atom stereocenters. The lowest BCUT2D eigenvalue weighted by atomic mass is 10.2. The third kappa shape index (κ3) is 4.55. The molecule has 0 radical (unpaired) electrons. The number of amides is 1. The van der Waals surface area contributed by atoms with Crippen LogP contribution in [0.15, 0.2) is 6.33 Å². The monoisotopic (exact) mass is 212 g/mol. The number of aliphatic hydroxyl groups excluding tert-OH is 1. The van der Waals surface area contributed by atoms with Crippen LogP contribution in [0.3, 0.4) is 0 Å². The van der Waals surface area contributed by atoms with Crippen LogP contribution in [0.25, 0.3) is 0 Å². The molecule has 0 aliphatic heterocycles. The van der Waals surface area contributed by atoms with Gasteiger partial charge in [-0.2, -0.15) is 5.10 Å². The lowest BCUT2D eigenvalue weighted by Crippen LogP contribution is -2.23. The van der Waals surface area contributed by atoms with E-state index in [1.54, 1.807) is 18.1 Å². The number of rotatable bonds is 6. The van der Waals surface area contributed by atoms with Crippen molar-refractivity contribution in [1.82, 2.24) is 20.1 Å². The van der Waals surface area contributed by atoms with Gasteiger partial charge < -0.3 is 10.4 Å². The molecular weight excluding hydrogens is 196 g/mol. The first-order valence-electron chi connectivity index (χ1n) is 4.94. The number of hydrogen-bond acceptors (Lipinski definition) is 4. The Morgan fingerprint density at radius 3 is 3.00 bits per heavy atom. The lowest BCUT2D eigenvalue weighted by molar-refractivity contribution is -0.121. The Bertz CT molecular complexity index is 311. The predicted molar refractivity (Wildman–Crippen MR) is 53.8 cm³/mol. The first-order valence-corrected chi connectivity index (χ1v) is 4.94. The highest BCUT2D eigenvalue weighted by Crippen LogP contribution is 1.94. The van der Waals surface area contributed by atoms with Gasteiger partial charge in [0.15, 0.2) is 5.82 Å². The molecule has 1 aromatic heterocycles. The van der Waals surface area contributed by atoms with Crippen molar-refractivity contribution >= 4 is 5.91 Å². The highest BCUT2D eigenvalue weighted by molar-refractivity contribution is 5.75. The van der Waals surface area contributed by atoms with Crippen LogP contribution in [0.1, 0.15) is 25.1 Å². The first kappa shape index (κ1) is 11.6. The Balaban J connectivity index is 2.16. The molecular formula is C9H16N4O2. The smallest absolute Gasteiger partial charge is 0.220 e. The molecule has 1 rings (SSSR count). The first-order chi connectivity index (χ1) is 7.22. The van der Waals surface area contributed by atoms with E-state index in [0.29, 0.717) is 31.6 Å². The number of nitrogens with zero attached hydrogens (tertiary/aromatic N) is 3. The molecule has 0 saturated heterocycles. The molecule has 6 nitrogen and oxygen atoms in total. The van der Waals surface area contributed by atoms with Gasteiger partial charge in [0.05, 0.1) is 6.54 Å². The van der Waals surface area contributed by atoms with Crippen LogP contribution < -0.4 is 5.32 Å². The molecule has 0 unspecified atom stereocenters. The van der Waals surface area contributed by atoms with E-state index in [-0.39, 0.29) is 12.5 Å². The maximum Gasteiger partial charge on any atom is 0.220 e. The van der Waals surface area contributed by atoms with E-state index in [4.69, 9.17) is 5.11 Å². The number of aliphatic hydroxyl groups is 1. The van der Waals surface area contributed by atoms with Gasteiger partial charge in [-0.05, 0) is 12.8 Å². The summed E-state index contributed by atoms with van der Waals surface area (Å²) >= 11 is 0. The normalized spacial score (nSPS) is 10.3. The highest BCUT2D eigenvalue weighted by Gasteiger charge is 2.03. The van der Waals surface area contributed by atoms with Crippen molar-refractivity contribution in [2.24, 2.45) is 7.05 Å². The summed E-state index contributed by atoms with van der Waals surface area (Å²) < 4.78 is 1.59. The third-order valence-electron chi connectivity index (χ3n) is 1.90. The molecule has 0 aliphatic rings. The number of unbranched alkanes of at least 4 members (excludes halogenated alkanes) is 1. The number of aryl methyl sites for hydroxylation is 1. The summed E-state index contributed by atoms with van der Waals surface area (Å²) in [6.07, 6.45) is 3.40. The van der Waals surface area contributed by atoms with Crippen molar-refractivity contribution < 1.29 is 9.90 Å². The number of carbonyl (C=O) groups is 1. The van der Waals surface area contributed by atoms with Gasteiger partial charge in [-0.1, -0.05) is 0 Å². The maximum absolute atomic E-state index is 11.2. The second kappa shape index (κ2) is 6.13. The van der Waals surface area contributed by atoms with Crippen LogP contribution >= 0.6 is 0 Å². The fourth-order valence-corrected chi connectivity index (χ4v) is 1.13. The van der Waals surface area contributed by atoms with Crippen LogP contribution in [0, 0.1) is 0 Å². The van der Waals surface area contributed by atoms with Crippen LogP contribution in [-0.2, 0) is 18.4 Å². The largest absolute Gasteiger partial charge is 0.396 e. The average Bonchev–Trinajstić information content (AvgIpc) is 2.62. The average molecular weight is 212 g/mol. The standard InChI is InChI=1S/C9H16N4O2/c1-13-7-11-8(12-13)6-10-9(15)4-2-3-5-14/h7,14H,2-6H2,1H3,(H,10,15). The van der Waals surface area contributed by atoms with E-state index < -0.39 is 0 Å². The molecule has 1 aromatic rings. The molecule has 1 heterocycles. The van der Waals surface area contributed by atoms with Crippen molar-refractivity contribution in [3.8, 4) is 0 Å².